The van der Waals surface area contributed by atoms with E-state index in [0.717, 1.165) is 29.3 Å². The zero-order chi connectivity index (χ0) is 12.7. The summed E-state index contributed by atoms with van der Waals surface area (Å²) in [7, 11) is 0. The molecule has 0 amide bonds. The van der Waals surface area contributed by atoms with E-state index in [1.54, 1.807) is 0 Å². The van der Waals surface area contributed by atoms with Gasteiger partial charge in [0.2, 0.25) is 0 Å². The Morgan fingerprint density at radius 3 is 2.94 bits per heavy atom. The summed E-state index contributed by atoms with van der Waals surface area (Å²) in [5.74, 6) is 2.44. The number of benzene rings is 1. The quantitative estimate of drug-likeness (QED) is 0.831. The highest BCUT2D eigenvalue weighted by atomic mass is 16.5. The molecule has 3 rings (SSSR count). The maximum absolute atomic E-state index is 5.81. The van der Waals surface area contributed by atoms with Crippen LogP contribution in [0, 0.1) is 6.92 Å². The van der Waals surface area contributed by atoms with Crippen LogP contribution in [0.3, 0.4) is 0 Å². The van der Waals surface area contributed by atoms with E-state index < -0.39 is 0 Å². The van der Waals surface area contributed by atoms with Crippen LogP contribution in [-0.4, -0.2) is 16.6 Å². The molecular weight excluding hydrogens is 224 g/mol. The first-order chi connectivity index (χ1) is 8.65. The number of fused-ring (bicyclic) bond motifs is 3. The predicted octanol–water partition coefficient (Wildman–Crippen LogP) is 3.44. The summed E-state index contributed by atoms with van der Waals surface area (Å²) >= 11 is 0. The van der Waals surface area contributed by atoms with Gasteiger partial charge in [-0.3, -0.25) is 0 Å². The van der Waals surface area contributed by atoms with Crippen LogP contribution >= 0.6 is 0 Å². The van der Waals surface area contributed by atoms with Crippen LogP contribution in [0.25, 0.3) is 11.3 Å². The van der Waals surface area contributed by atoms with Crippen LogP contribution in [0.5, 0.6) is 5.75 Å². The van der Waals surface area contributed by atoms with Crippen LogP contribution in [0.1, 0.15) is 36.8 Å². The van der Waals surface area contributed by atoms with Crippen molar-refractivity contribution in [2.24, 2.45) is 0 Å². The fourth-order valence-electron chi connectivity index (χ4n) is 2.31. The van der Waals surface area contributed by atoms with Crippen LogP contribution < -0.4 is 4.74 Å². The van der Waals surface area contributed by atoms with Gasteiger partial charge in [-0.1, -0.05) is 19.9 Å². The van der Waals surface area contributed by atoms with Crippen molar-refractivity contribution in [2.45, 2.75) is 33.1 Å². The van der Waals surface area contributed by atoms with Crippen LogP contribution in [-0.2, 0) is 6.42 Å². The maximum atomic E-state index is 5.81. The topological polar surface area (TPSA) is 37.9 Å². The lowest BCUT2D eigenvalue weighted by Crippen LogP contribution is -2.00. The minimum Gasteiger partial charge on any atom is -0.492 e. The molecule has 2 aromatic rings. The van der Waals surface area contributed by atoms with Gasteiger partial charge >= 0.3 is 0 Å². The van der Waals surface area contributed by atoms with Gasteiger partial charge in [0.1, 0.15) is 11.6 Å². The van der Waals surface area contributed by atoms with Crippen molar-refractivity contribution < 1.29 is 4.74 Å². The summed E-state index contributed by atoms with van der Waals surface area (Å²) in [6.07, 6.45) is 0.892. The molecule has 0 fully saturated rings. The molecule has 3 nitrogen and oxygen atoms in total. The second-order valence-electron chi connectivity index (χ2n) is 5.20. The monoisotopic (exact) mass is 242 g/mol. The average molecular weight is 242 g/mol. The number of hydrogen-bond donors (Lipinski definition) is 1. The number of H-pyrrole nitrogens is 1. The smallest absolute Gasteiger partial charge is 0.129 e. The third-order valence-electron chi connectivity index (χ3n) is 3.35. The van der Waals surface area contributed by atoms with Crippen molar-refractivity contribution in [3.63, 3.8) is 0 Å². The summed E-state index contributed by atoms with van der Waals surface area (Å²) in [4.78, 5) is 8.18. The van der Waals surface area contributed by atoms with Crippen molar-refractivity contribution in [3.8, 4) is 17.0 Å². The molecule has 3 heteroatoms. The molecule has 1 N–H and O–H groups in total. The van der Waals surface area contributed by atoms with Crippen LogP contribution in [0.2, 0.25) is 0 Å². The molecule has 0 bridgehead atoms. The van der Waals surface area contributed by atoms with E-state index in [4.69, 9.17) is 9.72 Å². The van der Waals surface area contributed by atoms with Gasteiger partial charge in [-0.2, -0.15) is 0 Å². The SMILES string of the molecule is Cc1ccc2c(c1)OCCc1[nH]c(C(C)C)nc1-2. The maximum Gasteiger partial charge on any atom is 0.129 e. The highest BCUT2D eigenvalue weighted by Crippen LogP contribution is 2.35. The number of nitrogens with one attached hydrogen (secondary N) is 1. The lowest BCUT2D eigenvalue weighted by Gasteiger charge is -2.07. The Labute approximate surface area is 107 Å². The summed E-state index contributed by atoms with van der Waals surface area (Å²) < 4.78 is 5.81. The summed E-state index contributed by atoms with van der Waals surface area (Å²) in [5.41, 5.74) is 4.58. The number of aromatic nitrogens is 2. The summed E-state index contributed by atoms with van der Waals surface area (Å²) in [6, 6.07) is 6.31. The third kappa shape index (κ3) is 1.80. The van der Waals surface area contributed by atoms with E-state index >= 15 is 0 Å². The second-order valence-corrected chi connectivity index (χ2v) is 5.20. The molecule has 0 spiro atoms. The van der Waals surface area contributed by atoms with Crippen molar-refractivity contribution >= 4 is 0 Å². The number of hydrogen-bond acceptors (Lipinski definition) is 2. The van der Waals surface area contributed by atoms with Gasteiger partial charge in [0.15, 0.2) is 0 Å². The third-order valence-corrected chi connectivity index (χ3v) is 3.35. The number of rotatable bonds is 1. The zero-order valence-electron chi connectivity index (χ0n) is 11.1. The van der Waals surface area contributed by atoms with Gasteiger partial charge in [0.25, 0.3) is 0 Å². The van der Waals surface area contributed by atoms with Crippen molar-refractivity contribution in [1.29, 1.82) is 0 Å². The molecule has 0 saturated heterocycles. The van der Waals surface area contributed by atoms with Gasteiger partial charge in [0, 0.05) is 23.6 Å². The molecule has 1 aliphatic rings. The van der Waals surface area contributed by atoms with Crippen molar-refractivity contribution in [1.82, 2.24) is 9.97 Å². The second kappa shape index (κ2) is 4.16. The predicted molar refractivity (Wildman–Crippen MR) is 72.0 cm³/mol. The minimum atomic E-state index is 0.423. The molecule has 2 heterocycles. The molecule has 0 radical (unpaired) electrons. The number of aromatic amines is 1. The molecular formula is C15H18N2O. The van der Waals surface area contributed by atoms with E-state index in [1.807, 2.05) is 0 Å². The Kier molecular flexibility index (Phi) is 2.62. The Morgan fingerprint density at radius 2 is 2.17 bits per heavy atom. The van der Waals surface area contributed by atoms with Gasteiger partial charge in [0.05, 0.1) is 12.3 Å². The molecule has 0 unspecified atom stereocenters. The van der Waals surface area contributed by atoms with E-state index in [2.05, 4.69) is 44.0 Å². The van der Waals surface area contributed by atoms with Crippen LogP contribution in [0.15, 0.2) is 18.2 Å². The van der Waals surface area contributed by atoms with E-state index in [9.17, 15) is 0 Å². The highest BCUT2D eigenvalue weighted by Gasteiger charge is 2.20. The Bertz CT molecular complexity index is 584. The Balaban J connectivity index is 2.17. The standard InChI is InChI=1S/C15H18N2O/c1-9(2)15-16-12-6-7-18-13-8-10(3)4-5-11(13)14(12)17-15/h4-5,8-9H,6-7H2,1-3H3,(H,16,17). The fraction of sp³-hybridized carbons (Fsp3) is 0.400. The Morgan fingerprint density at radius 1 is 1.33 bits per heavy atom. The van der Waals surface area contributed by atoms with Crippen LogP contribution in [0.4, 0.5) is 0 Å². The molecule has 1 aromatic carbocycles. The minimum absolute atomic E-state index is 0.423. The van der Waals surface area contributed by atoms with Gasteiger partial charge in [-0.25, -0.2) is 4.98 Å². The zero-order valence-corrected chi connectivity index (χ0v) is 11.1. The highest BCUT2D eigenvalue weighted by molar-refractivity contribution is 5.70. The van der Waals surface area contributed by atoms with E-state index in [1.165, 1.54) is 11.3 Å². The fourth-order valence-corrected chi connectivity index (χ4v) is 2.31. The van der Waals surface area contributed by atoms with E-state index in [0.29, 0.717) is 12.5 Å². The Hall–Kier alpha value is -1.77. The van der Waals surface area contributed by atoms with Gasteiger partial charge in [-0.05, 0) is 24.6 Å². The lowest BCUT2D eigenvalue weighted by molar-refractivity contribution is 0.325. The van der Waals surface area contributed by atoms with Crippen molar-refractivity contribution in [2.75, 3.05) is 6.61 Å². The largest absolute Gasteiger partial charge is 0.492 e. The molecule has 94 valence electrons. The summed E-state index contributed by atoms with van der Waals surface area (Å²) in [5, 5.41) is 0. The van der Waals surface area contributed by atoms with Gasteiger partial charge < -0.3 is 9.72 Å². The number of imidazole rings is 1. The molecule has 0 saturated carbocycles. The number of nitrogens with zero attached hydrogens (tertiary/aromatic N) is 1. The lowest BCUT2D eigenvalue weighted by atomic mass is 10.1. The number of aryl methyl sites for hydroxylation is 1. The van der Waals surface area contributed by atoms with Gasteiger partial charge in [-0.15, -0.1) is 0 Å². The molecule has 0 aliphatic carbocycles. The molecule has 1 aliphatic heterocycles. The van der Waals surface area contributed by atoms with E-state index in [-0.39, 0.29) is 0 Å². The summed E-state index contributed by atoms with van der Waals surface area (Å²) in [6.45, 7) is 7.11. The number of ether oxygens (including phenoxy) is 1. The average Bonchev–Trinajstić information content (AvgIpc) is 2.67. The first-order valence-corrected chi connectivity index (χ1v) is 6.47. The molecule has 0 atom stereocenters. The first-order valence-electron chi connectivity index (χ1n) is 6.47. The molecule has 1 aromatic heterocycles. The molecule has 18 heavy (non-hydrogen) atoms. The normalized spacial score (nSPS) is 13.8. The van der Waals surface area contributed by atoms with Crippen molar-refractivity contribution in [3.05, 3.63) is 35.3 Å². The first kappa shape index (κ1) is 11.3.